The number of carbonyl (C=O) groups is 2. The summed E-state index contributed by atoms with van der Waals surface area (Å²) in [5, 5.41) is 14.6. The lowest BCUT2D eigenvalue weighted by Crippen LogP contribution is -2.17. The number of hydrogen-bond donors (Lipinski definition) is 1. The highest BCUT2D eigenvalue weighted by Crippen LogP contribution is 2.16. The monoisotopic (exact) mass is 467 g/mol. The normalized spacial score (nSPS) is 10.6. The number of nitrogens with one attached hydrogen (secondary N) is 1. The van der Waals surface area contributed by atoms with E-state index in [1.54, 1.807) is 42.5 Å². The molecule has 0 fully saturated rings. The molecule has 0 bridgehead atoms. The molecule has 0 saturated heterocycles. The molecule has 0 unspecified atom stereocenters. The summed E-state index contributed by atoms with van der Waals surface area (Å²) in [6.45, 7) is 0. The summed E-state index contributed by atoms with van der Waals surface area (Å²) in [5.74, 6) is -0.678. The van der Waals surface area contributed by atoms with Gasteiger partial charge in [0.1, 0.15) is 5.75 Å². The highest BCUT2D eigenvalue weighted by molar-refractivity contribution is 9.10. The van der Waals surface area contributed by atoms with Crippen LogP contribution in [0.4, 0.5) is 5.69 Å². The predicted octanol–water partition coefficient (Wildman–Crippen LogP) is 4.34. The molecule has 1 N–H and O–H groups in total. The van der Waals surface area contributed by atoms with Crippen LogP contribution in [0.15, 0.2) is 82.4 Å². The summed E-state index contributed by atoms with van der Waals surface area (Å²) in [5.41, 5.74) is 3.67. The Labute approximate surface area is 179 Å². The largest absolute Gasteiger partial charge is 0.423 e. The average Bonchev–Trinajstić information content (AvgIpc) is 2.75. The fraction of sp³-hybridized carbons (Fsp3) is 0. The van der Waals surface area contributed by atoms with E-state index in [4.69, 9.17) is 4.74 Å². The molecule has 0 saturated carbocycles. The van der Waals surface area contributed by atoms with Gasteiger partial charge < -0.3 is 4.74 Å². The van der Waals surface area contributed by atoms with Crippen molar-refractivity contribution in [2.24, 2.45) is 5.10 Å². The molecule has 30 heavy (non-hydrogen) atoms. The van der Waals surface area contributed by atoms with Crippen molar-refractivity contribution >= 4 is 39.7 Å². The molecule has 150 valence electrons. The number of rotatable bonds is 6. The van der Waals surface area contributed by atoms with Crippen molar-refractivity contribution in [3.63, 3.8) is 0 Å². The first-order chi connectivity index (χ1) is 14.4. The van der Waals surface area contributed by atoms with Gasteiger partial charge in [0.25, 0.3) is 11.6 Å². The highest BCUT2D eigenvalue weighted by Gasteiger charge is 2.11. The Morgan fingerprint density at radius 2 is 1.70 bits per heavy atom. The Morgan fingerprint density at radius 1 is 1.00 bits per heavy atom. The van der Waals surface area contributed by atoms with E-state index in [-0.39, 0.29) is 17.2 Å². The molecule has 3 aromatic carbocycles. The molecule has 3 aromatic rings. The van der Waals surface area contributed by atoms with Gasteiger partial charge in [0.05, 0.1) is 16.7 Å². The van der Waals surface area contributed by atoms with Crippen LogP contribution in [0.25, 0.3) is 0 Å². The number of halogens is 1. The van der Waals surface area contributed by atoms with E-state index in [0.29, 0.717) is 16.9 Å². The third-order valence-electron chi connectivity index (χ3n) is 3.87. The first-order valence-electron chi connectivity index (χ1n) is 8.58. The number of benzene rings is 3. The summed E-state index contributed by atoms with van der Waals surface area (Å²) in [7, 11) is 0. The molecule has 0 aromatic heterocycles. The summed E-state index contributed by atoms with van der Waals surface area (Å²) in [6, 6.07) is 18.5. The number of hydrazone groups is 1. The van der Waals surface area contributed by atoms with Crippen LogP contribution in [0, 0.1) is 10.1 Å². The van der Waals surface area contributed by atoms with E-state index >= 15 is 0 Å². The van der Waals surface area contributed by atoms with Crippen LogP contribution in [0.2, 0.25) is 0 Å². The molecule has 0 radical (unpaired) electrons. The molecule has 3 rings (SSSR count). The Bertz CT molecular complexity index is 1110. The maximum atomic E-state index is 12.1. The van der Waals surface area contributed by atoms with Crippen LogP contribution in [-0.2, 0) is 0 Å². The summed E-state index contributed by atoms with van der Waals surface area (Å²) in [6.07, 6.45) is 1.46. The highest BCUT2D eigenvalue weighted by atomic mass is 79.9. The van der Waals surface area contributed by atoms with Gasteiger partial charge >= 0.3 is 5.97 Å². The smallest absolute Gasteiger partial charge is 0.343 e. The Morgan fingerprint density at radius 3 is 2.33 bits per heavy atom. The fourth-order valence-electron chi connectivity index (χ4n) is 2.37. The maximum absolute atomic E-state index is 12.1. The molecule has 1 amide bonds. The minimum Gasteiger partial charge on any atom is -0.423 e. The topological polar surface area (TPSA) is 111 Å². The quantitative estimate of drug-likeness (QED) is 0.190. The number of hydrogen-bond acceptors (Lipinski definition) is 6. The van der Waals surface area contributed by atoms with Crippen LogP contribution in [0.1, 0.15) is 26.3 Å². The average molecular weight is 468 g/mol. The van der Waals surface area contributed by atoms with Gasteiger partial charge in [-0.25, -0.2) is 10.2 Å². The SMILES string of the molecule is O=C(N/N=C\c1ccc(OC(=O)c2ccc([N+](=O)[O-])cc2)cc1)c1cccc(Br)c1. The van der Waals surface area contributed by atoms with Crippen LogP contribution < -0.4 is 10.2 Å². The summed E-state index contributed by atoms with van der Waals surface area (Å²) >= 11 is 3.30. The van der Waals surface area contributed by atoms with Gasteiger partial charge in [-0.15, -0.1) is 0 Å². The number of carbonyl (C=O) groups excluding carboxylic acids is 2. The Hall–Kier alpha value is -3.85. The zero-order chi connectivity index (χ0) is 21.5. The summed E-state index contributed by atoms with van der Waals surface area (Å²) in [4.78, 5) is 34.2. The fourth-order valence-corrected chi connectivity index (χ4v) is 2.77. The molecule has 0 heterocycles. The number of ether oxygens (including phenoxy) is 1. The second-order valence-corrected chi connectivity index (χ2v) is 6.89. The summed E-state index contributed by atoms with van der Waals surface area (Å²) < 4.78 is 6.03. The van der Waals surface area contributed by atoms with Crippen LogP contribution >= 0.6 is 15.9 Å². The van der Waals surface area contributed by atoms with Crippen LogP contribution in [0.5, 0.6) is 5.75 Å². The Kier molecular flexibility index (Phi) is 6.66. The van der Waals surface area contributed by atoms with Crippen molar-refractivity contribution < 1.29 is 19.2 Å². The molecule has 0 aliphatic heterocycles. The number of amides is 1. The first kappa shape index (κ1) is 20.9. The molecule has 0 atom stereocenters. The van der Waals surface area contributed by atoms with E-state index in [2.05, 4.69) is 26.5 Å². The van der Waals surface area contributed by atoms with Crippen molar-refractivity contribution in [1.82, 2.24) is 5.43 Å². The third kappa shape index (κ3) is 5.58. The van der Waals surface area contributed by atoms with E-state index in [0.717, 1.165) is 4.47 Å². The molecule has 0 aliphatic rings. The lowest BCUT2D eigenvalue weighted by atomic mass is 10.2. The van der Waals surface area contributed by atoms with Crippen molar-refractivity contribution in [3.05, 3.63) is 104 Å². The van der Waals surface area contributed by atoms with Gasteiger partial charge in [-0.05, 0) is 60.2 Å². The molecule has 9 heteroatoms. The maximum Gasteiger partial charge on any atom is 0.343 e. The van der Waals surface area contributed by atoms with E-state index in [9.17, 15) is 19.7 Å². The van der Waals surface area contributed by atoms with Gasteiger partial charge in [0.2, 0.25) is 0 Å². The second kappa shape index (κ2) is 9.57. The van der Waals surface area contributed by atoms with Crippen molar-refractivity contribution in [2.45, 2.75) is 0 Å². The van der Waals surface area contributed by atoms with Gasteiger partial charge in [-0.2, -0.15) is 5.10 Å². The standard InChI is InChI=1S/C21H14BrN3O5/c22-17-3-1-2-16(12-17)20(26)24-23-13-14-4-10-19(11-5-14)30-21(27)15-6-8-18(9-7-15)25(28)29/h1-13H,(H,24,26)/b23-13-. The first-order valence-corrected chi connectivity index (χ1v) is 9.37. The molecular formula is C21H14BrN3O5. The van der Waals surface area contributed by atoms with E-state index in [1.165, 1.54) is 30.5 Å². The zero-order valence-corrected chi connectivity index (χ0v) is 16.9. The van der Waals surface area contributed by atoms with Gasteiger partial charge in [-0.1, -0.05) is 22.0 Å². The van der Waals surface area contributed by atoms with Crippen molar-refractivity contribution in [3.8, 4) is 5.75 Å². The van der Waals surface area contributed by atoms with Crippen molar-refractivity contribution in [2.75, 3.05) is 0 Å². The number of esters is 1. The minimum atomic E-state index is -0.632. The second-order valence-electron chi connectivity index (χ2n) is 5.97. The van der Waals surface area contributed by atoms with Gasteiger partial charge in [0, 0.05) is 22.2 Å². The van der Waals surface area contributed by atoms with E-state index in [1.807, 2.05) is 6.07 Å². The van der Waals surface area contributed by atoms with Gasteiger partial charge in [0.15, 0.2) is 0 Å². The van der Waals surface area contributed by atoms with E-state index < -0.39 is 10.9 Å². The lowest BCUT2D eigenvalue weighted by molar-refractivity contribution is -0.384. The Balaban J connectivity index is 1.56. The zero-order valence-electron chi connectivity index (χ0n) is 15.3. The van der Waals surface area contributed by atoms with Crippen molar-refractivity contribution in [1.29, 1.82) is 0 Å². The molecule has 0 spiro atoms. The predicted molar refractivity (Wildman–Crippen MR) is 114 cm³/mol. The number of non-ortho nitro benzene ring substituents is 1. The lowest BCUT2D eigenvalue weighted by Gasteiger charge is -2.04. The van der Waals surface area contributed by atoms with Crippen LogP contribution in [-0.4, -0.2) is 23.0 Å². The number of nitrogens with zero attached hydrogens (tertiary/aromatic N) is 2. The number of nitro groups is 1. The molecular weight excluding hydrogens is 454 g/mol. The van der Waals surface area contributed by atoms with Crippen LogP contribution in [0.3, 0.4) is 0 Å². The third-order valence-corrected chi connectivity index (χ3v) is 4.36. The minimum absolute atomic E-state index is 0.109. The molecule has 0 aliphatic carbocycles. The molecule has 8 nitrogen and oxygen atoms in total. The number of nitro benzene ring substituents is 1. The van der Waals surface area contributed by atoms with Gasteiger partial charge in [-0.3, -0.25) is 14.9 Å².